The maximum absolute atomic E-state index is 12.9. The van der Waals surface area contributed by atoms with Crippen molar-refractivity contribution in [3.8, 4) is 11.6 Å². The van der Waals surface area contributed by atoms with E-state index < -0.39 is 0 Å². The maximum Gasteiger partial charge on any atom is 0.237 e. The van der Waals surface area contributed by atoms with Crippen LogP contribution in [0.25, 0.3) is 0 Å². The monoisotopic (exact) mass is 311 g/mol. The third-order valence-corrected chi connectivity index (χ3v) is 2.77. The lowest BCUT2D eigenvalue weighted by Crippen LogP contribution is -2.07. The van der Waals surface area contributed by atoms with Crippen LogP contribution in [-0.4, -0.2) is 17.0 Å². The fraction of sp³-hybridized carbons (Fsp3) is 0.167. The van der Waals surface area contributed by atoms with E-state index in [-0.39, 0.29) is 5.82 Å². The van der Waals surface area contributed by atoms with Crippen LogP contribution in [0.1, 0.15) is 5.69 Å². The molecule has 1 aromatic carbocycles. The first-order chi connectivity index (χ1) is 8.69. The molecule has 0 atom stereocenters. The topological polar surface area (TPSA) is 47.0 Å². The Kier molecular flexibility index (Phi) is 4.22. The summed E-state index contributed by atoms with van der Waals surface area (Å²) in [4.78, 5) is 8.29. The lowest BCUT2D eigenvalue weighted by Gasteiger charge is -2.06. The molecule has 94 valence electrons. The van der Waals surface area contributed by atoms with Crippen molar-refractivity contribution in [1.29, 1.82) is 0 Å². The molecule has 2 rings (SSSR count). The highest BCUT2D eigenvalue weighted by Crippen LogP contribution is 2.28. The Hall–Kier alpha value is -1.53. The minimum atomic E-state index is -0.329. The van der Waals surface area contributed by atoms with Gasteiger partial charge in [-0.15, -0.1) is 0 Å². The molecule has 1 N–H and O–H groups in total. The average Bonchev–Trinajstić information content (AvgIpc) is 2.35. The van der Waals surface area contributed by atoms with Crippen molar-refractivity contribution in [2.24, 2.45) is 0 Å². The predicted molar refractivity (Wildman–Crippen MR) is 69.0 cm³/mol. The summed E-state index contributed by atoms with van der Waals surface area (Å²) in [5, 5.41) is 2.98. The largest absolute Gasteiger partial charge is 0.436 e. The minimum Gasteiger partial charge on any atom is -0.436 e. The van der Waals surface area contributed by atoms with Crippen molar-refractivity contribution in [1.82, 2.24) is 15.3 Å². The Balaban J connectivity index is 2.13. The van der Waals surface area contributed by atoms with E-state index in [9.17, 15) is 4.39 Å². The fourth-order valence-corrected chi connectivity index (χ4v) is 1.77. The molecule has 18 heavy (non-hydrogen) atoms. The molecule has 0 aliphatic carbocycles. The van der Waals surface area contributed by atoms with Gasteiger partial charge in [-0.3, -0.25) is 4.98 Å². The van der Waals surface area contributed by atoms with Gasteiger partial charge in [0.05, 0.1) is 22.6 Å². The van der Waals surface area contributed by atoms with Gasteiger partial charge in [0.1, 0.15) is 11.6 Å². The Morgan fingerprint density at radius 1 is 1.33 bits per heavy atom. The number of benzene rings is 1. The number of halogens is 2. The highest BCUT2D eigenvalue weighted by molar-refractivity contribution is 9.10. The summed E-state index contributed by atoms with van der Waals surface area (Å²) in [5.74, 6) is 0.527. The Morgan fingerprint density at radius 2 is 2.17 bits per heavy atom. The van der Waals surface area contributed by atoms with Gasteiger partial charge in [0, 0.05) is 6.54 Å². The quantitative estimate of drug-likeness (QED) is 0.943. The fourth-order valence-electron chi connectivity index (χ4n) is 1.34. The zero-order valence-electron chi connectivity index (χ0n) is 9.65. The van der Waals surface area contributed by atoms with Crippen molar-refractivity contribution in [3.05, 3.63) is 46.6 Å². The first-order valence-electron chi connectivity index (χ1n) is 5.27. The SMILES string of the molecule is CNCc1cnc(Oc2ccc(F)cc2Br)cn1. The molecule has 4 nitrogen and oxygen atoms in total. The second-order valence-corrected chi connectivity index (χ2v) is 4.41. The molecule has 1 heterocycles. The molecular weight excluding hydrogens is 301 g/mol. The van der Waals surface area contributed by atoms with Crippen molar-refractivity contribution in [2.75, 3.05) is 7.05 Å². The number of ether oxygens (including phenoxy) is 1. The molecule has 1 aromatic heterocycles. The molecule has 0 saturated carbocycles. The molecule has 0 aliphatic rings. The van der Waals surface area contributed by atoms with Crippen molar-refractivity contribution < 1.29 is 9.13 Å². The predicted octanol–water partition coefficient (Wildman–Crippen LogP) is 2.89. The second-order valence-electron chi connectivity index (χ2n) is 3.55. The number of hydrogen-bond acceptors (Lipinski definition) is 4. The summed E-state index contributed by atoms with van der Waals surface area (Å²) in [6.07, 6.45) is 3.16. The normalized spacial score (nSPS) is 10.4. The smallest absolute Gasteiger partial charge is 0.237 e. The molecule has 0 amide bonds. The van der Waals surface area contributed by atoms with Crippen molar-refractivity contribution in [2.45, 2.75) is 6.54 Å². The van der Waals surface area contributed by atoms with Gasteiger partial charge in [0.2, 0.25) is 5.88 Å². The maximum atomic E-state index is 12.9. The van der Waals surface area contributed by atoms with Crippen LogP contribution in [0.2, 0.25) is 0 Å². The summed E-state index contributed by atoms with van der Waals surface area (Å²) in [5.41, 5.74) is 0.822. The zero-order chi connectivity index (χ0) is 13.0. The van der Waals surface area contributed by atoms with Crippen LogP contribution in [0.15, 0.2) is 35.1 Å². The highest BCUT2D eigenvalue weighted by Gasteiger charge is 2.05. The molecule has 0 radical (unpaired) electrons. The van der Waals surface area contributed by atoms with Crippen LogP contribution < -0.4 is 10.1 Å². The average molecular weight is 312 g/mol. The first-order valence-corrected chi connectivity index (χ1v) is 6.07. The molecule has 2 aromatic rings. The van der Waals surface area contributed by atoms with E-state index in [2.05, 4.69) is 31.2 Å². The van der Waals surface area contributed by atoms with E-state index in [1.54, 1.807) is 6.20 Å². The van der Waals surface area contributed by atoms with E-state index in [0.717, 1.165) is 5.69 Å². The van der Waals surface area contributed by atoms with Crippen LogP contribution in [0.3, 0.4) is 0 Å². The minimum absolute atomic E-state index is 0.329. The van der Waals surface area contributed by atoms with Crippen LogP contribution in [-0.2, 0) is 6.54 Å². The third-order valence-electron chi connectivity index (χ3n) is 2.15. The van der Waals surface area contributed by atoms with E-state index in [4.69, 9.17) is 4.74 Å². The second kappa shape index (κ2) is 5.88. The summed E-state index contributed by atoms with van der Waals surface area (Å²) in [6.45, 7) is 0.646. The molecule has 6 heteroatoms. The van der Waals surface area contributed by atoms with E-state index >= 15 is 0 Å². The van der Waals surface area contributed by atoms with Gasteiger partial charge in [-0.2, -0.15) is 0 Å². The van der Waals surface area contributed by atoms with Gasteiger partial charge >= 0.3 is 0 Å². The highest BCUT2D eigenvalue weighted by atomic mass is 79.9. The van der Waals surface area contributed by atoms with E-state index in [0.29, 0.717) is 22.6 Å². The Labute approximate surface area is 112 Å². The molecule has 0 aliphatic heterocycles. The molecular formula is C12H11BrFN3O. The van der Waals surface area contributed by atoms with Crippen LogP contribution in [0, 0.1) is 5.82 Å². The number of nitrogens with zero attached hydrogens (tertiary/aromatic N) is 2. The molecule has 0 saturated heterocycles. The van der Waals surface area contributed by atoms with E-state index in [1.807, 2.05) is 7.05 Å². The summed E-state index contributed by atoms with van der Waals surface area (Å²) >= 11 is 3.22. The number of nitrogens with one attached hydrogen (secondary N) is 1. The van der Waals surface area contributed by atoms with Gasteiger partial charge in [-0.1, -0.05) is 0 Å². The first kappa shape index (κ1) is 12.9. The number of rotatable bonds is 4. The van der Waals surface area contributed by atoms with Crippen LogP contribution in [0.5, 0.6) is 11.6 Å². The van der Waals surface area contributed by atoms with Gasteiger partial charge in [-0.05, 0) is 41.2 Å². The molecule has 0 unspecified atom stereocenters. The lowest BCUT2D eigenvalue weighted by molar-refractivity contribution is 0.454. The van der Waals surface area contributed by atoms with Crippen molar-refractivity contribution >= 4 is 15.9 Å². The zero-order valence-corrected chi connectivity index (χ0v) is 11.2. The van der Waals surface area contributed by atoms with Gasteiger partial charge in [0.25, 0.3) is 0 Å². The standard InChI is InChI=1S/C12H11BrFN3O/c1-15-5-9-6-17-12(7-16-9)18-11-3-2-8(14)4-10(11)13/h2-4,6-7,15H,5H2,1H3. The van der Waals surface area contributed by atoms with E-state index in [1.165, 1.54) is 24.4 Å². The molecule has 0 spiro atoms. The third kappa shape index (κ3) is 3.24. The Morgan fingerprint density at radius 3 is 2.78 bits per heavy atom. The molecule has 0 bridgehead atoms. The van der Waals surface area contributed by atoms with Crippen LogP contribution >= 0.6 is 15.9 Å². The number of hydrogen-bond donors (Lipinski definition) is 1. The molecule has 0 fully saturated rings. The summed E-state index contributed by atoms with van der Waals surface area (Å²) in [6, 6.07) is 4.18. The van der Waals surface area contributed by atoms with Gasteiger partial charge in [0.15, 0.2) is 0 Å². The van der Waals surface area contributed by atoms with Crippen LogP contribution in [0.4, 0.5) is 4.39 Å². The Bertz CT molecular complexity index is 533. The summed E-state index contributed by atoms with van der Waals surface area (Å²) in [7, 11) is 1.84. The van der Waals surface area contributed by atoms with Gasteiger partial charge in [-0.25, -0.2) is 9.37 Å². The van der Waals surface area contributed by atoms with Gasteiger partial charge < -0.3 is 10.1 Å². The van der Waals surface area contributed by atoms with Crippen molar-refractivity contribution in [3.63, 3.8) is 0 Å². The lowest BCUT2D eigenvalue weighted by atomic mass is 10.3. The summed E-state index contributed by atoms with van der Waals surface area (Å²) < 4.78 is 18.9. The number of aromatic nitrogens is 2.